The number of aliphatic hydroxyl groups excluding tert-OH is 1. The van der Waals surface area contributed by atoms with E-state index in [1.807, 2.05) is 31.2 Å². The first-order valence-electron chi connectivity index (χ1n) is 8.91. The van der Waals surface area contributed by atoms with Gasteiger partial charge in [-0.15, -0.1) is 0 Å². The minimum Gasteiger partial charge on any atom is -0.491 e. The normalized spacial score (nSPS) is 12.4. The third-order valence-corrected chi connectivity index (χ3v) is 4.58. The van der Waals surface area contributed by atoms with Crippen molar-refractivity contribution in [1.82, 2.24) is 18.7 Å². The minimum atomic E-state index is -0.876. The van der Waals surface area contributed by atoms with Gasteiger partial charge in [0, 0.05) is 28.2 Å². The highest BCUT2D eigenvalue weighted by Gasteiger charge is 2.22. The monoisotopic (exact) mass is 387 g/mol. The summed E-state index contributed by atoms with van der Waals surface area (Å²) < 4.78 is 9.64. The topological polar surface area (TPSA) is 94.5 Å². The fourth-order valence-electron chi connectivity index (χ4n) is 3.04. The van der Waals surface area contributed by atoms with Gasteiger partial charge in [0.05, 0.1) is 6.54 Å². The van der Waals surface area contributed by atoms with Crippen LogP contribution in [0, 0.1) is 6.92 Å². The van der Waals surface area contributed by atoms with Gasteiger partial charge in [-0.3, -0.25) is 13.9 Å². The van der Waals surface area contributed by atoms with Gasteiger partial charge in [0.15, 0.2) is 11.2 Å². The summed E-state index contributed by atoms with van der Waals surface area (Å²) >= 11 is 0. The molecule has 2 heterocycles. The van der Waals surface area contributed by atoms with Gasteiger partial charge in [-0.2, -0.15) is 4.98 Å². The fourth-order valence-corrected chi connectivity index (χ4v) is 3.04. The summed E-state index contributed by atoms with van der Waals surface area (Å²) in [5, 5.41) is 10.5. The summed E-state index contributed by atoms with van der Waals surface area (Å²) in [6, 6.07) is 7.54. The second-order valence-electron chi connectivity index (χ2n) is 7.07. The first-order chi connectivity index (χ1) is 13.2. The van der Waals surface area contributed by atoms with E-state index in [2.05, 4.69) is 4.98 Å². The van der Waals surface area contributed by atoms with Crippen molar-refractivity contribution in [2.75, 3.05) is 25.6 Å². The van der Waals surface area contributed by atoms with E-state index in [9.17, 15) is 14.7 Å². The van der Waals surface area contributed by atoms with Crippen LogP contribution < -0.4 is 20.9 Å². The molecule has 3 rings (SSSR count). The highest BCUT2D eigenvalue weighted by molar-refractivity contribution is 5.74. The summed E-state index contributed by atoms with van der Waals surface area (Å²) in [5.74, 6) is 1.13. The lowest BCUT2D eigenvalue weighted by molar-refractivity contribution is 0.0937. The molecule has 1 atom stereocenters. The molecule has 3 aromatic rings. The van der Waals surface area contributed by atoms with Crippen molar-refractivity contribution in [1.29, 1.82) is 0 Å². The number of imidazole rings is 1. The van der Waals surface area contributed by atoms with Crippen LogP contribution >= 0.6 is 0 Å². The first kappa shape index (κ1) is 19.7. The van der Waals surface area contributed by atoms with Gasteiger partial charge in [-0.05, 0) is 19.1 Å². The molecular weight excluding hydrogens is 362 g/mol. The van der Waals surface area contributed by atoms with Crippen molar-refractivity contribution >= 4 is 17.1 Å². The van der Waals surface area contributed by atoms with Crippen molar-refractivity contribution in [3.05, 3.63) is 50.7 Å². The van der Waals surface area contributed by atoms with E-state index in [0.29, 0.717) is 11.7 Å². The molecule has 0 unspecified atom stereocenters. The summed E-state index contributed by atoms with van der Waals surface area (Å²) in [6.07, 6.45) is -0.876. The molecule has 150 valence electrons. The summed E-state index contributed by atoms with van der Waals surface area (Å²) in [7, 11) is 6.57. The zero-order chi connectivity index (χ0) is 20.6. The quantitative estimate of drug-likeness (QED) is 0.652. The molecular formula is C19H25N5O4. The van der Waals surface area contributed by atoms with Gasteiger partial charge >= 0.3 is 5.69 Å². The van der Waals surface area contributed by atoms with Crippen molar-refractivity contribution in [3.8, 4) is 5.75 Å². The number of rotatable bonds is 6. The average molecular weight is 387 g/mol. The Kier molecular flexibility index (Phi) is 5.28. The third-order valence-electron chi connectivity index (χ3n) is 4.58. The Morgan fingerprint density at radius 3 is 2.39 bits per heavy atom. The van der Waals surface area contributed by atoms with Crippen LogP contribution in [0.15, 0.2) is 33.9 Å². The molecule has 0 saturated carbocycles. The van der Waals surface area contributed by atoms with Crippen LogP contribution in [0.1, 0.15) is 5.56 Å². The number of fused-ring (bicyclic) bond motifs is 1. The number of hydrogen-bond donors (Lipinski definition) is 1. The van der Waals surface area contributed by atoms with E-state index < -0.39 is 17.4 Å². The van der Waals surface area contributed by atoms with Crippen LogP contribution in [-0.2, 0) is 20.6 Å². The molecule has 0 spiro atoms. The Balaban J connectivity index is 1.95. The van der Waals surface area contributed by atoms with Gasteiger partial charge in [0.25, 0.3) is 5.56 Å². The van der Waals surface area contributed by atoms with Gasteiger partial charge in [0.1, 0.15) is 18.5 Å². The van der Waals surface area contributed by atoms with Crippen molar-refractivity contribution in [3.63, 3.8) is 0 Å². The van der Waals surface area contributed by atoms with Crippen LogP contribution in [-0.4, -0.2) is 50.6 Å². The lowest BCUT2D eigenvalue weighted by Crippen LogP contribution is -2.38. The lowest BCUT2D eigenvalue weighted by Gasteiger charge is -2.18. The van der Waals surface area contributed by atoms with Crippen molar-refractivity contribution in [2.24, 2.45) is 14.1 Å². The largest absolute Gasteiger partial charge is 0.491 e. The molecule has 2 aromatic heterocycles. The van der Waals surface area contributed by atoms with Crippen LogP contribution in [0.25, 0.3) is 11.2 Å². The van der Waals surface area contributed by atoms with E-state index in [1.165, 1.54) is 11.6 Å². The van der Waals surface area contributed by atoms with E-state index >= 15 is 0 Å². The van der Waals surface area contributed by atoms with Gasteiger partial charge in [0.2, 0.25) is 5.95 Å². The van der Waals surface area contributed by atoms with Gasteiger partial charge in [-0.25, -0.2) is 4.79 Å². The summed E-state index contributed by atoms with van der Waals surface area (Å²) in [6.45, 7) is 2.14. The Bertz CT molecular complexity index is 1110. The molecule has 0 saturated heterocycles. The fraction of sp³-hybridized carbons (Fsp3) is 0.421. The number of aryl methyl sites for hydroxylation is 2. The predicted molar refractivity (Wildman–Crippen MR) is 107 cm³/mol. The number of aliphatic hydroxyl groups is 1. The number of anilines is 1. The molecule has 0 aliphatic heterocycles. The molecule has 9 nitrogen and oxygen atoms in total. The first-order valence-corrected chi connectivity index (χ1v) is 8.91. The Hall–Kier alpha value is -3.07. The van der Waals surface area contributed by atoms with E-state index in [-0.39, 0.29) is 24.3 Å². The summed E-state index contributed by atoms with van der Waals surface area (Å²) in [5.41, 5.74) is 0.766. The molecule has 1 aromatic carbocycles. The van der Waals surface area contributed by atoms with Gasteiger partial charge in [-0.1, -0.05) is 17.7 Å². The van der Waals surface area contributed by atoms with E-state index in [1.54, 1.807) is 30.6 Å². The molecule has 0 amide bonds. The number of nitrogens with zero attached hydrogens (tertiary/aromatic N) is 5. The van der Waals surface area contributed by atoms with E-state index in [0.717, 1.165) is 10.1 Å². The van der Waals surface area contributed by atoms with Crippen molar-refractivity contribution < 1.29 is 9.84 Å². The molecule has 0 fully saturated rings. The zero-order valence-corrected chi connectivity index (χ0v) is 16.7. The van der Waals surface area contributed by atoms with Crippen LogP contribution in [0.2, 0.25) is 0 Å². The molecule has 0 aliphatic carbocycles. The third kappa shape index (κ3) is 3.53. The maximum Gasteiger partial charge on any atom is 0.332 e. The lowest BCUT2D eigenvalue weighted by atomic mass is 10.2. The van der Waals surface area contributed by atoms with Crippen molar-refractivity contribution in [2.45, 2.75) is 19.6 Å². The van der Waals surface area contributed by atoms with Crippen LogP contribution in [0.3, 0.4) is 0 Å². The molecule has 1 N–H and O–H groups in total. The number of benzene rings is 1. The number of hydrogen-bond acceptors (Lipinski definition) is 6. The molecule has 28 heavy (non-hydrogen) atoms. The molecule has 9 heteroatoms. The highest BCUT2D eigenvalue weighted by Crippen LogP contribution is 2.19. The molecule has 0 radical (unpaired) electrons. The van der Waals surface area contributed by atoms with Crippen LogP contribution in [0.5, 0.6) is 5.75 Å². The molecule has 0 aliphatic rings. The van der Waals surface area contributed by atoms with Gasteiger partial charge < -0.3 is 19.3 Å². The Morgan fingerprint density at radius 1 is 1.14 bits per heavy atom. The van der Waals surface area contributed by atoms with E-state index in [4.69, 9.17) is 4.74 Å². The average Bonchev–Trinajstić information content (AvgIpc) is 3.03. The van der Waals surface area contributed by atoms with Crippen LogP contribution in [0.4, 0.5) is 5.95 Å². The number of aromatic nitrogens is 4. The molecule has 0 bridgehead atoms. The second kappa shape index (κ2) is 7.51. The SMILES string of the molecule is Cc1ccc(OC[C@H](O)Cn2c(N(C)C)nc3c2c(=O)n(C)c(=O)n3C)cc1. The minimum absolute atomic E-state index is 0.0572. The maximum absolute atomic E-state index is 12.7. The standard InChI is InChI=1S/C19H25N5O4/c1-12-6-8-14(9-7-12)28-11-13(25)10-24-15-16(20-18(24)21(2)3)22(4)19(27)23(5)17(15)26/h6-9,13,25H,10-11H2,1-5H3/t13-/m1/s1. The second-order valence-corrected chi connectivity index (χ2v) is 7.07. The summed E-state index contributed by atoms with van der Waals surface area (Å²) in [4.78, 5) is 31.1. The Labute approximate surface area is 162 Å². The number of ether oxygens (including phenoxy) is 1. The maximum atomic E-state index is 12.7. The zero-order valence-electron chi connectivity index (χ0n) is 16.7. The predicted octanol–water partition coefficient (Wildman–Crippen LogP) is 0.248. The smallest absolute Gasteiger partial charge is 0.332 e. The Morgan fingerprint density at radius 2 is 1.79 bits per heavy atom. The highest BCUT2D eigenvalue weighted by atomic mass is 16.5.